The molecule has 0 spiro atoms. The number of aromatic hydroxyl groups is 1. The summed E-state index contributed by atoms with van der Waals surface area (Å²) in [5, 5.41) is 33.6. The number of hydrogen-bond donors (Lipinski definition) is 6. The Morgan fingerprint density at radius 1 is 0.769 bits per heavy atom. The molecular weight excluding hydrogens is 494 g/mol. The van der Waals surface area contributed by atoms with E-state index in [1.54, 1.807) is 24.3 Å². The Morgan fingerprint density at radius 3 is 1.87 bits per heavy atom. The Bertz CT molecular complexity index is 1200. The summed E-state index contributed by atoms with van der Waals surface area (Å²) >= 11 is 0. The second-order valence-electron chi connectivity index (χ2n) is 9.76. The Hall–Kier alpha value is -3.98. The SMILES string of the molecule is NC(=O)[C@H](Cc1ccccc1)NC(=O)[C@H](Cc1ccccc1)[C@H](O)/C=C/[C@@H](O)C[C@H](N)Cc1ccc(O)cc1. The molecule has 0 aliphatic carbocycles. The minimum absolute atomic E-state index is 0.167. The van der Waals surface area contributed by atoms with E-state index in [4.69, 9.17) is 11.5 Å². The lowest BCUT2D eigenvalue weighted by molar-refractivity contribution is -0.131. The third kappa shape index (κ3) is 10.0. The molecule has 3 aromatic carbocycles. The van der Waals surface area contributed by atoms with Crippen molar-refractivity contribution in [1.29, 1.82) is 0 Å². The zero-order valence-corrected chi connectivity index (χ0v) is 21.8. The highest BCUT2D eigenvalue weighted by Crippen LogP contribution is 2.17. The van der Waals surface area contributed by atoms with Crippen LogP contribution in [0.3, 0.4) is 0 Å². The molecule has 39 heavy (non-hydrogen) atoms. The third-order valence-electron chi connectivity index (χ3n) is 6.50. The van der Waals surface area contributed by atoms with E-state index < -0.39 is 36.0 Å². The van der Waals surface area contributed by atoms with E-state index >= 15 is 0 Å². The van der Waals surface area contributed by atoms with Gasteiger partial charge in [0.05, 0.1) is 18.1 Å². The van der Waals surface area contributed by atoms with E-state index in [1.807, 2.05) is 60.7 Å². The number of aliphatic hydroxyl groups excluding tert-OH is 2. The predicted molar refractivity (Wildman–Crippen MR) is 150 cm³/mol. The van der Waals surface area contributed by atoms with E-state index in [1.165, 1.54) is 12.2 Å². The second kappa shape index (κ2) is 14.8. The fourth-order valence-electron chi connectivity index (χ4n) is 4.37. The predicted octanol–water partition coefficient (Wildman–Crippen LogP) is 2.00. The van der Waals surface area contributed by atoms with Gasteiger partial charge in [-0.1, -0.05) is 84.9 Å². The van der Waals surface area contributed by atoms with Crippen LogP contribution < -0.4 is 16.8 Å². The summed E-state index contributed by atoms with van der Waals surface area (Å²) in [6.45, 7) is 0. The normalized spacial score (nSPS) is 15.3. The van der Waals surface area contributed by atoms with E-state index in [0.29, 0.717) is 6.42 Å². The lowest BCUT2D eigenvalue weighted by Gasteiger charge is -2.24. The number of phenolic OH excluding ortho intramolecular Hbond substituents is 1. The largest absolute Gasteiger partial charge is 0.508 e. The Kier molecular flexibility index (Phi) is 11.2. The Labute approximate surface area is 229 Å². The van der Waals surface area contributed by atoms with Crippen LogP contribution in [0.15, 0.2) is 97.1 Å². The summed E-state index contributed by atoms with van der Waals surface area (Å²) in [6.07, 6.45) is 1.82. The number of carbonyl (C=O) groups excluding carboxylic acids is 2. The van der Waals surface area contributed by atoms with Crippen LogP contribution in [-0.4, -0.2) is 51.4 Å². The first-order valence-electron chi connectivity index (χ1n) is 13.0. The van der Waals surface area contributed by atoms with E-state index in [2.05, 4.69) is 5.32 Å². The van der Waals surface area contributed by atoms with Crippen molar-refractivity contribution in [3.05, 3.63) is 114 Å². The van der Waals surface area contributed by atoms with Crippen molar-refractivity contribution in [1.82, 2.24) is 5.32 Å². The standard InChI is InChI=1S/C31H37N3O5/c32-24(17-23-11-13-25(35)14-12-23)20-26(36)15-16-29(37)27(18-21-7-3-1-4-8-21)31(39)34-28(30(33)38)19-22-9-5-2-6-10-22/h1-16,24,26-29,35-37H,17-20,32H2,(H2,33,38)(H,34,39)/b16-15+/t24-,26-,27-,28+,29-/m1/s1. The van der Waals surface area contributed by atoms with Gasteiger partial charge < -0.3 is 32.1 Å². The molecule has 0 radical (unpaired) electrons. The lowest BCUT2D eigenvalue weighted by Crippen LogP contribution is -2.50. The van der Waals surface area contributed by atoms with Gasteiger partial charge in [0.2, 0.25) is 11.8 Å². The van der Waals surface area contributed by atoms with E-state index in [9.17, 15) is 24.9 Å². The first-order chi connectivity index (χ1) is 18.7. The van der Waals surface area contributed by atoms with Crippen LogP contribution in [-0.2, 0) is 28.9 Å². The minimum Gasteiger partial charge on any atom is -0.508 e. The van der Waals surface area contributed by atoms with Crippen LogP contribution in [0.25, 0.3) is 0 Å². The zero-order chi connectivity index (χ0) is 28.2. The number of hydrogen-bond acceptors (Lipinski definition) is 6. The summed E-state index contributed by atoms with van der Waals surface area (Å²) in [6, 6.07) is 23.8. The monoisotopic (exact) mass is 531 g/mol. The van der Waals surface area contributed by atoms with Crippen molar-refractivity contribution in [2.75, 3.05) is 0 Å². The molecule has 0 saturated carbocycles. The van der Waals surface area contributed by atoms with Gasteiger partial charge in [0.15, 0.2) is 0 Å². The number of phenols is 1. The molecule has 3 rings (SSSR count). The molecule has 8 N–H and O–H groups in total. The summed E-state index contributed by atoms with van der Waals surface area (Å²) in [5.74, 6) is -1.96. The molecular formula is C31H37N3O5. The van der Waals surface area contributed by atoms with E-state index in [-0.39, 0.29) is 31.1 Å². The molecule has 8 nitrogen and oxygen atoms in total. The Balaban J connectivity index is 1.67. The summed E-state index contributed by atoms with van der Waals surface area (Å²) in [5.41, 5.74) is 14.4. The number of benzene rings is 3. The summed E-state index contributed by atoms with van der Waals surface area (Å²) < 4.78 is 0. The number of primary amides is 1. The van der Waals surface area contributed by atoms with Crippen LogP contribution in [0.1, 0.15) is 23.1 Å². The van der Waals surface area contributed by atoms with Gasteiger partial charge >= 0.3 is 0 Å². The van der Waals surface area contributed by atoms with Gasteiger partial charge in [0, 0.05) is 12.5 Å². The van der Waals surface area contributed by atoms with Crippen molar-refractivity contribution in [3.63, 3.8) is 0 Å². The molecule has 0 bridgehead atoms. The molecule has 0 aromatic heterocycles. The number of nitrogens with two attached hydrogens (primary N) is 2. The van der Waals surface area contributed by atoms with Crippen LogP contribution in [0.4, 0.5) is 0 Å². The molecule has 2 amide bonds. The highest BCUT2D eigenvalue weighted by Gasteiger charge is 2.29. The number of aliphatic hydroxyl groups is 2. The number of amides is 2. The smallest absolute Gasteiger partial charge is 0.240 e. The quantitative estimate of drug-likeness (QED) is 0.175. The first kappa shape index (κ1) is 29.6. The fraction of sp³-hybridized carbons (Fsp3) is 0.290. The number of rotatable bonds is 14. The van der Waals surface area contributed by atoms with Crippen LogP contribution >= 0.6 is 0 Å². The van der Waals surface area contributed by atoms with E-state index in [0.717, 1.165) is 16.7 Å². The number of carbonyl (C=O) groups is 2. The van der Waals surface area contributed by atoms with Gasteiger partial charge in [-0.25, -0.2) is 0 Å². The second-order valence-corrected chi connectivity index (χ2v) is 9.76. The average molecular weight is 532 g/mol. The highest BCUT2D eigenvalue weighted by atomic mass is 16.3. The molecule has 3 aromatic rings. The van der Waals surface area contributed by atoms with Crippen molar-refractivity contribution in [2.45, 2.75) is 50.0 Å². The van der Waals surface area contributed by atoms with Crippen molar-refractivity contribution < 1.29 is 24.9 Å². The highest BCUT2D eigenvalue weighted by molar-refractivity contribution is 5.88. The molecule has 206 valence electrons. The molecule has 0 aliphatic heterocycles. The molecule has 8 heteroatoms. The van der Waals surface area contributed by atoms with Crippen LogP contribution in [0.5, 0.6) is 5.75 Å². The van der Waals surface area contributed by atoms with Gasteiger partial charge in [-0.05, 0) is 48.1 Å². The summed E-state index contributed by atoms with van der Waals surface area (Å²) in [4.78, 5) is 25.5. The first-order valence-corrected chi connectivity index (χ1v) is 13.0. The molecule has 0 unspecified atom stereocenters. The molecule has 0 heterocycles. The molecule has 0 fully saturated rings. The van der Waals surface area contributed by atoms with Crippen LogP contribution in [0, 0.1) is 5.92 Å². The molecule has 5 atom stereocenters. The van der Waals surface area contributed by atoms with Crippen LogP contribution in [0.2, 0.25) is 0 Å². The van der Waals surface area contributed by atoms with Crippen molar-refractivity contribution in [2.24, 2.45) is 17.4 Å². The van der Waals surface area contributed by atoms with Gasteiger partial charge in [-0.15, -0.1) is 0 Å². The minimum atomic E-state index is -1.24. The lowest BCUT2D eigenvalue weighted by atomic mass is 9.91. The fourth-order valence-corrected chi connectivity index (χ4v) is 4.37. The van der Waals surface area contributed by atoms with Gasteiger partial charge in [-0.3, -0.25) is 9.59 Å². The van der Waals surface area contributed by atoms with Gasteiger partial charge in [0.1, 0.15) is 11.8 Å². The third-order valence-corrected chi connectivity index (χ3v) is 6.50. The maximum Gasteiger partial charge on any atom is 0.240 e. The van der Waals surface area contributed by atoms with Gasteiger partial charge in [0.25, 0.3) is 0 Å². The molecule has 0 aliphatic rings. The number of nitrogens with one attached hydrogen (secondary N) is 1. The maximum atomic E-state index is 13.3. The van der Waals surface area contributed by atoms with Crippen molar-refractivity contribution >= 4 is 11.8 Å². The van der Waals surface area contributed by atoms with Gasteiger partial charge in [-0.2, -0.15) is 0 Å². The van der Waals surface area contributed by atoms with Crippen molar-refractivity contribution in [3.8, 4) is 5.75 Å². The Morgan fingerprint density at radius 2 is 1.31 bits per heavy atom. The average Bonchev–Trinajstić information content (AvgIpc) is 2.92. The molecule has 0 saturated heterocycles. The topological polar surface area (TPSA) is 159 Å². The zero-order valence-electron chi connectivity index (χ0n) is 21.8. The maximum absolute atomic E-state index is 13.3. The summed E-state index contributed by atoms with van der Waals surface area (Å²) in [7, 11) is 0.